The molecule has 0 spiro atoms. The van der Waals surface area contributed by atoms with Crippen LogP contribution in [-0.2, 0) is 0 Å². The fourth-order valence-corrected chi connectivity index (χ4v) is 1.71. The minimum absolute atomic E-state index is 0.176. The van der Waals surface area contributed by atoms with Crippen LogP contribution >= 0.6 is 0 Å². The number of nitrogens with one attached hydrogen (secondary N) is 2. The molecule has 0 aliphatic heterocycles. The van der Waals surface area contributed by atoms with E-state index in [0.717, 1.165) is 17.0 Å². The average molecular weight is 286 g/mol. The van der Waals surface area contributed by atoms with Crippen LogP contribution in [0.3, 0.4) is 0 Å². The second-order valence-corrected chi connectivity index (χ2v) is 4.82. The van der Waals surface area contributed by atoms with Gasteiger partial charge < -0.3 is 4.74 Å². The topological polar surface area (TPSA) is 79.4 Å². The molecule has 6 nitrogen and oxygen atoms in total. The predicted octanol–water partition coefficient (Wildman–Crippen LogP) is 2.35. The van der Waals surface area contributed by atoms with Gasteiger partial charge in [-0.25, -0.2) is 10.4 Å². The Bertz CT molecular complexity index is 692. The molecule has 1 heterocycles. The van der Waals surface area contributed by atoms with Gasteiger partial charge in [0.25, 0.3) is 5.56 Å². The quantitative estimate of drug-likeness (QED) is 0.653. The molecule has 2 aromatic rings. The molecule has 110 valence electrons. The molecule has 1 aromatic carbocycles. The van der Waals surface area contributed by atoms with Crippen LogP contribution in [-0.4, -0.2) is 23.3 Å². The smallest absolute Gasteiger partial charge is 0.252 e. The van der Waals surface area contributed by atoms with Crippen LogP contribution in [0.2, 0.25) is 0 Å². The molecule has 0 aliphatic carbocycles. The lowest BCUT2D eigenvalue weighted by molar-refractivity contribution is 0.415. The minimum Gasteiger partial charge on any atom is -0.497 e. The highest BCUT2D eigenvalue weighted by molar-refractivity contribution is 5.80. The van der Waals surface area contributed by atoms with Crippen molar-refractivity contribution in [1.82, 2.24) is 9.97 Å². The van der Waals surface area contributed by atoms with Crippen molar-refractivity contribution in [2.45, 2.75) is 19.8 Å². The Morgan fingerprint density at radius 2 is 2.19 bits per heavy atom. The van der Waals surface area contributed by atoms with E-state index >= 15 is 0 Å². The van der Waals surface area contributed by atoms with E-state index in [2.05, 4.69) is 20.5 Å². The van der Waals surface area contributed by atoms with Gasteiger partial charge in [-0.1, -0.05) is 26.0 Å². The first-order valence-electron chi connectivity index (χ1n) is 6.63. The van der Waals surface area contributed by atoms with Crippen molar-refractivity contribution in [2.24, 2.45) is 5.10 Å². The molecule has 0 unspecified atom stereocenters. The van der Waals surface area contributed by atoms with Crippen LogP contribution in [0.15, 0.2) is 40.2 Å². The van der Waals surface area contributed by atoms with E-state index in [9.17, 15) is 4.79 Å². The summed E-state index contributed by atoms with van der Waals surface area (Å²) in [6.45, 7) is 3.95. The van der Waals surface area contributed by atoms with Gasteiger partial charge in [-0.3, -0.25) is 9.78 Å². The van der Waals surface area contributed by atoms with Crippen LogP contribution in [0.25, 0.3) is 0 Å². The minimum atomic E-state index is -0.201. The largest absolute Gasteiger partial charge is 0.497 e. The second kappa shape index (κ2) is 6.69. The monoisotopic (exact) mass is 286 g/mol. The molecular weight excluding hydrogens is 268 g/mol. The number of aromatic amines is 1. The van der Waals surface area contributed by atoms with E-state index in [1.807, 2.05) is 38.1 Å². The van der Waals surface area contributed by atoms with Gasteiger partial charge in [-0.15, -0.1) is 0 Å². The predicted molar refractivity (Wildman–Crippen MR) is 83.2 cm³/mol. The number of aromatic nitrogens is 2. The number of anilines is 1. The molecule has 0 saturated carbocycles. The van der Waals surface area contributed by atoms with E-state index in [-0.39, 0.29) is 11.5 Å². The molecular formula is C15H18N4O2. The van der Waals surface area contributed by atoms with Crippen molar-refractivity contribution in [3.05, 3.63) is 51.9 Å². The summed E-state index contributed by atoms with van der Waals surface area (Å²) in [7, 11) is 1.61. The Labute approximate surface area is 122 Å². The number of rotatable bonds is 5. The Morgan fingerprint density at radius 1 is 1.38 bits per heavy atom. The molecule has 0 fully saturated rings. The van der Waals surface area contributed by atoms with Crippen molar-refractivity contribution in [2.75, 3.05) is 12.5 Å². The van der Waals surface area contributed by atoms with Crippen LogP contribution in [0.5, 0.6) is 5.75 Å². The maximum atomic E-state index is 11.5. The van der Waals surface area contributed by atoms with Crippen molar-refractivity contribution in [3.63, 3.8) is 0 Å². The molecule has 0 bridgehead atoms. The molecule has 0 atom stereocenters. The highest BCUT2D eigenvalue weighted by Crippen LogP contribution is 2.11. The third-order valence-electron chi connectivity index (χ3n) is 2.83. The summed E-state index contributed by atoms with van der Waals surface area (Å²) >= 11 is 0. The first-order chi connectivity index (χ1) is 10.1. The fourth-order valence-electron chi connectivity index (χ4n) is 1.71. The van der Waals surface area contributed by atoms with E-state index in [1.165, 1.54) is 6.07 Å². The molecule has 1 aromatic heterocycles. The van der Waals surface area contributed by atoms with Crippen LogP contribution in [0.4, 0.5) is 5.95 Å². The number of ether oxygens (including phenoxy) is 1. The summed E-state index contributed by atoms with van der Waals surface area (Å²) in [5.74, 6) is 1.26. The van der Waals surface area contributed by atoms with E-state index < -0.39 is 0 Å². The molecule has 0 radical (unpaired) electrons. The first-order valence-corrected chi connectivity index (χ1v) is 6.63. The normalized spacial score (nSPS) is 11.0. The van der Waals surface area contributed by atoms with Crippen LogP contribution < -0.4 is 15.7 Å². The number of nitrogens with zero attached hydrogens (tertiary/aromatic N) is 2. The first kappa shape index (κ1) is 14.8. The van der Waals surface area contributed by atoms with Gasteiger partial charge >= 0.3 is 0 Å². The van der Waals surface area contributed by atoms with E-state index in [0.29, 0.717) is 5.95 Å². The molecule has 0 saturated heterocycles. The van der Waals surface area contributed by atoms with E-state index in [4.69, 9.17) is 4.74 Å². The SMILES string of the molecule is COc1cccc(/C=N\Nc2nc(C(C)C)cc(=O)[nH]2)c1. The van der Waals surface area contributed by atoms with Gasteiger partial charge in [-0.2, -0.15) is 5.10 Å². The van der Waals surface area contributed by atoms with Crippen molar-refractivity contribution in [1.29, 1.82) is 0 Å². The second-order valence-electron chi connectivity index (χ2n) is 4.82. The number of methoxy groups -OCH3 is 1. The number of H-pyrrole nitrogens is 1. The zero-order valence-corrected chi connectivity index (χ0v) is 12.3. The molecule has 0 amide bonds. The van der Waals surface area contributed by atoms with Gasteiger partial charge in [0, 0.05) is 6.07 Å². The molecule has 2 N–H and O–H groups in total. The zero-order chi connectivity index (χ0) is 15.2. The molecule has 6 heteroatoms. The highest BCUT2D eigenvalue weighted by Gasteiger charge is 2.04. The lowest BCUT2D eigenvalue weighted by atomic mass is 10.1. The Morgan fingerprint density at radius 3 is 2.90 bits per heavy atom. The van der Waals surface area contributed by atoms with Gasteiger partial charge in [0.2, 0.25) is 5.95 Å². The summed E-state index contributed by atoms with van der Waals surface area (Å²) in [4.78, 5) is 18.4. The number of benzene rings is 1. The maximum Gasteiger partial charge on any atom is 0.252 e. The Kier molecular flexibility index (Phi) is 4.71. The van der Waals surface area contributed by atoms with Gasteiger partial charge in [0.05, 0.1) is 19.0 Å². The van der Waals surface area contributed by atoms with Crippen molar-refractivity contribution in [3.8, 4) is 5.75 Å². The summed E-state index contributed by atoms with van der Waals surface area (Å²) in [5.41, 5.74) is 4.13. The lowest BCUT2D eigenvalue weighted by Crippen LogP contribution is -2.12. The Hall–Kier alpha value is -2.63. The summed E-state index contributed by atoms with van der Waals surface area (Å²) in [5, 5.41) is 4.07. The highest BCUT2D eigenvalue weighted by atomic mass is 16.5. The number of hydrogen-bond donors (Lipinski definition) is 2. The third-order valence-corrected chi connectivity index (χ3v) is 2.83. The summed E-state index contributed by atoms with van der Waals surface area (Å²) in [6, 6.07) is 8.97. The molecule has 2 rings (SSSR count). The lowest BCUT2D eigenvalue weighted by Gasteiger charge is -2.05. The van der Waals surface area contributed by atoms with Crippen molar-refractivity contribution >= 4 is 12.2 Å². The number of hydrogen-bond acceptors (Lipinski definition) is 5. The van der Waals surface area contributed by atoms with Crippen LogP contribution in [0.1, 0.15) is 31.0 Å². The summed E-state index contributed by atoms with van der Waals surface area (Å²) in [6.07, 6.45) is 1.63. The molecule has 21 heavy (non-hydrogen) atoms. The van der Waals surface area contributed by atoms with Crippen LogP contribution in [0, 0.1) is 0 Å². The summed E-state index contributed by atoms with van der Waals surface area (Å²) < 4.78 is 5.14. The third kappa shape index (κ3) is 4.17. The standard InChI is InChI=1S/C15H18N4O2/c1-10(2)13-8-14(20)18-15(17-13)19-16-9-11-5-4-6-12(7-11)21-3/h4-10H,1-3H3,(H2,17,18,19,20)/b16-9-. The molecule has 0 aliphatic rings. The van der Waals surface area contributed by atoms with Gasteiger partial charge in [-0.05, 0) is 23.6 Å². The maximum absolute atomic E-state index is 11.5. The zero-order valence-electron chi connectivity index (χ0n) is 12.3. The Balaban J connectivity index is 2.12. The average Bonchev–Trinajstić information content (AvgIpc) is 2.47. The number of hydrazone groups is 1. The fraction of sp³-hybridized carbons (Fsp3) is 0.267. The van der Waals surface area contributed by atoms with Gasteiger partial charge in [0.15, 0.2) is 0 Å². The van der Waals surface area contributed by atoms with Gasteiger partial charge in [0.1, 0.15) is 5.75 Å². The van der Waals surface area contributed by atoms with Crippen molar-refractivity contribution < 1.29 is 4.74 Å². The van der Waals surface area contributed by atoms with E-state index in [1.54, 1.807) is 13.3 Å².